The predicted octanol–water partition coefficient (Wildman–Crippen LogP) is 3.43. The Balaban J connectivity index is 1.43. The molecule has 3 aromatic heterocycles. The first-order chi connectivity index (χ1) is 14.7. The molecule has 30 heavy (non-hydrogen) atoms. The van der Waals surface area contributed by atoms with Crippen molar-refractivity contribution in [2.75, 3.05) is 6.61 Å². The van der Waals surface area contributed by atoms with Crippen molar-refractivity contribution in [3.05, 3.63) is 78.1 Å². The van der Waals surface area contributed by atoms with Crippen molar-refractivity contribution >= 4 is 22.7 Å². The summed E-state index contributed by atoms with van der Waals surface area (Å²) >= 11 is 0. The maximum absolute atomic E-state index is 12.7. The van der Waals surface area contributed by atoms with Crippen LogP contribution in [0.4, 0.5) is 0 Å². The quantitative estimate of drug-likeness (QED) is 0.330. The van der Waals surface area contributed by atoms with E-state index in [0.717, 1.165) is 10.9 Å². The summed E-state index contributed by atoms with van der Waals surface area (Å²) < 4.78 is 14.2. The molecular formula is C22H18N4O4. The smallest absolute Gasteiger partial charge is 0.374 e. The van der Waals surface area contributed by atoms with Crippen LogP contribution >= 0.6 is 0 Å². The van der Waals surface area contributed by atoms with Crippen LogP contribution in [0.1, 0.15) is 33.1 Å². The van der Waals surface area contributed by atoms with Crippen LogP contribution in [0.5, 0.6) is 0 Å². The average molecular weight is 402 g/mol. The first-order valence-corrected chi connectivity index (χ1v) is 9.37. The minimum atomic E-state index is -0.705. The Morgan fingerprint density at radius 3 is 2.83 bits per heavy atom. The summed E-state index contributed by atoms with van der Waals surface area (Å²) in [6, 6.07) is 14.5. The van der Waals surface area contributed by atoms with E-state index in [1.807, 2.05) is 28.8 Å². The fourth-order valence-corrected chi connectivity index (χ4v) is 3.23. The number of para-hydroxylation sites is 1. The second kappa shape index (κ2) is 8.49. The number of hydrogen-bond donors (Lipinski definition) is 0. The molecule has 8 heteroatoms. The fraction of sp³-hybridized carbons (Fsp3) is 0.182. The molecule has 0 radical (unpaired) electrons. The van der Waals surface area contributed by atoms with Gasteiger partial charge in [0.2, 0.25) is 11.5 Å². The molecule has 4 aromatic rings. The first-order valence-electron chi connectivity index (χ1n) is 9.37. The van der Waals surface area contributed by atoms with Crippen LogP contribution in [-0.2, 0) is 17.8 Å². The number of fused-ring (bicyclic) bond motifs is 1. The topological polar surface area (TPSA) is 103 Å². The number of carbonyl (C=O) groups excluding carboxylic acids is 2. The third-order valence-corrected chi connectivity index (χ3v) is 4.63. The molecular weight excluding hydrogens is 384 g/mol. The van der Waals surface area contributed by atoms with Crippen molar-refractivity contribution in [2.24, 2.45) is 0 Å². The number of esters is 1. The normalized spacial score (nSPS) is 10.8. The number of nitrogens with zero attached hydrogens (tertiary/aromatic N) is 4. The van der Waals surface area contributed by atoms with Crippen molar-refractivity contribution < 1.29 is 18.7 Å². The van der Waals surface area contributed by atoms with Gasteiger partial charge in [-0.3, -0.25) is 9.48 Å². The van der Waals surface area contributed by atoms with Crippen LogP contribution in [0.3, 0.4) is 0 Å². The summed E-state index contributed by atoms with van der Waals surface area (Å²) in [6.07, 6.45) is 5.47. The highest BCUT2D eigenvalue weighted by atomic mass is 16.5. The second-order valence-electron chi connectivity index (χ2n) is 6.63. The number of furan rings is 1. The number of nitriles is 1. The molecule has 0 saturated heterocycles. The Labute approximate surface area is 171 Å². The van der Waals surface area contributed by atoms with E-state index in [1.54, 1.807) is 35.4 Å². The number of ether oxygens (including phenoxy) is 1. The van der Waals surface area contributed by atoms with Gasteiger partial charge in [0.25, 0.3) is 0 Å². The standard InChI is InChI=1S/C22H18N4O4/c23-9-3-11-25-14-18(17-5-1-2-6-19(17)25)20(27)15-29-22(28)21-8-7-16(30-21)13-26-12-4-10-24-26/h1-2,4-8,10,12,14H,3,11,13,15H2. The van der Waals surface area contributed by atoms with E-state index >= 15 is 0 Å². The second-order valence-corrected chi connectivity index (χ2v) is 6.63. The zero-order valence-corrected chi connectivity index (χ0v) is 16.0. The van der Waals surface area contributed by atoms with Gasteiger partial charge in [-0.25, -0.2) is 4.79 Å². The van der Waals surface area contributed by atoms with E-state index in [9.17, 15) is 9.59 Å². The van der Waals surface area contributed by atoms with Crippen molar-refractivity contribution in [1.82, 2.24) is 14.3 Å². The number of aryl methyl sites for hydroxylation is 1. The summed E-state index contributed by atoms with van der Waals surface area (Å²) in [6.45, 7) is 0.469. The molecule has 0 aliphatic rings. The Bertz CT molecular complexity index is 1230. The van der Waals surface area contributed by atoms with Gasteiger partial charge in [-0.2, -0.15) is 10.4 Å². The molecule has 0 fully saturated rings. The summed E-state index contributed by atoms with van der Waals surface area (Å²) in [7, 11) is 0. The maximum Gasteiger partial charge on any atom is 0.374 e. The Kier molecular flexibility index (Phi) is 5.44. The van der Waals surface area contributed by atoms with Gasteiger partial charge >= 0.3 is 5.97 Å². The zero-order valence-electron chi connectivity index (χ0n) is 16.0. The Morgan fingerprint density at radius 2 is 2.03 bits per heavy atom. The van der Waals surface area contributed by atoms with Gasteiger partial charge in [-0.05, 0) is 24.3 Å². The van der Waals surface area contributed by atoms with Crippen molar-refractivity contribution in [2.45, 2.75) is 19.5 Å². The molecule has 0 N–H and O–H groups in total. The van der Waals surface area contributed by atoms with Gasteiger partial charge in [0.05, 0.1) is 19.0 Å². The summed E-state index contributed by atoms with van der Waals surface area (Å²) in [4.78, 5) is 25.0. The third kappa shape index (κ3) is 4.00. The van der Waals surface area contributed by atoms with Gasteiger partial charge in [0.1, 0.15) is 5.76 Å². The number of Topliss-reactive ketones (excluding diaryl/α,β-unsaturated/α-hetero) is 1. The molecule has 8 nitrogen and oxygen atoms in total. The van der Waals surface area contributed by atoms with Gasteiger partial charge < -0.3 is 13.7 Å². The van der Waals surface area contributed by atoms with Crippen molar-refractivity contribution in [3.8, 4) is 6.07 Å². The summed E-state index contributed by atoms with van der Waals surface area (Å²) in [5.41, 5.74) is 1.31. The summed E-state index contributed by atoms with van der Waals surface area (Å²) in [5, 5.41) is 13.7. The van der Waals surface area contributed by atoms with Crippen LogP contribution in [0, 0.1) is 11.3 Å². The lowest BCUT2D eigenvalue weighted by atomic mass is 10.1. The van der Waals surface area contributed by atoms with E-state index in [4.69, 9.17) is 14.4 Å². The Morgan fingerprint density at radius 1 is 1.17 bits per heavy atom. The maximum atomic E-state index is 12.7. The highest BCUT2D eigenvalue weighted by molar-refractivity contribution is 6.09. The van der Waals surface area contributed by atoms with Crippen molar-refractivity contribution in [3.63, 3.8) is 0 Å². The minimum Gasteiger partial charge on any atom is -0.452 e. The molecule has 0 aliphatic heterocycles. The lowest BCUT2D eigenvalue weighted by Crippen LogP contribution is -2.13. The number of ketones is 1. The monoisotopic (exact) mass is 402 g/mol. The molecule has 0 saturated carbocycles. The molecule has 1 aromatic carbocycles. The van der Waals surface area contributed by atoms with Crippen LogP contribution in [0.15, 0.2) is 65.5 Å². The van der Waals surface area contributed by atoms with Gasteiger partial charge in [-0.15, -0.1) is 0 Å². The summed E-state index contributed by atoms with van der Waals surface area (Å²) in [5.74, 6) is -0.444. The van der Waals surface area contributed by atoms with E-state index in [-0.39, 0.29) is 11.5 Å². The van der Waals surface area contributed by atoms with E-state index in [0.29, 0.717) is 30.8 Å². The van der Waals surface area contributed by atoms with Gasteiger partial charge in [0.15, 0.2) is 6.61 Å². The molecule has 0 amide bonds. The molecule has 4 rings (SSSR count). The van der Waals surface area contributed by atoms with Crippen LogP contribution in [-0.4, -0.2) is 32.7 Å². The van der Waals surface area contributed by atoms with Crippen LogP contribution in [0.2, 0.25) is 0 Å². The largest absolute Gasteiger partial charge is 0.452 e. The lowest BCUT2D eigenvalue weighted by molar-refractivity contribution is 0.0442. The number of rotatable bonds is 8. The molecule has 0 aliphatic carbocycles. The zero-order chi connectivity index (χ0) is 20.9. The predicted molar refractivity (Wildman–Crippen MR) is 107 cm³/mol. The number of hydrogen-bond acceptors (Lipinski definition) is 6. The van der Waals surface area contributed by atoms with E-state index in [2.05, 4.69) is 11.2 Å². The lowest BCUT2D eigenvalue weighted by Gasteiger charge is -2.02. The van der Waals surface area contributed by atoms with E-state index in [1.165, 1.54) is 6.07 Å². The molecule has 150 valence electrons. The minimum absolute atomic E-state index is 0.0291. The van der Waals surface area contributed by atoms with E-state index < -0.39 is 12.6 Å². The fourth-order valence-electron chi connectivity index (χ4n) is 3.23. The highest BCUT2D eigenvalue weighted by Gasteiger charge is 2.19. The molecule has 0 unspecified atom stereocenters. The highest BCUT2D eigenvalue weighted by Crippen LogP contribution is 2.22. The molecule has 0 spiro atoms. The number of aromatic nitrogens is 3. The number of carbonyl (C=O) groups is 2. The molecule has 0 atom stereocenters. The number of benzene rings is 1. The molecule has 3 heterocycles. The van der Waals surface area contributed by atoms with Crippen LogP contribution < -0.4 is 0 Å². The first kappa shape index (κ1) is 19.2. The molecule has 0 bridgehead atoms. The Hall–Kier alpha value is -4.12. The van der Waals surface area contributed by atoms with Gasteiger partial charge in [-0.1, -0.05) is 18.2 Å². The van der Waals surface area contributed by atoms with Crippen molar-refractivity contribution in [1.29, 1.82) is 5.26 Å². The SMILES string of the molecule is N#CCCn1cc(C(=O)COC(=O)c2ccc(Cn3cccn3)o2)c2ccccc21. The average Bonchev–Trinajstić information content (AvgIpc) is 3.51. The van der Waals surface area contributed by atoms with Crippen LogP contribution in [0.25, 0.3) is 10.9 Å². The third-order valence-electron chi connectivity index (χ3n) is 4.63. The van der Waals surface area contributed by atoms with Gasteiger partial charge in [0, 0.05) is 41.6 Å².